The molecule has 0 N–H and O–H groups in total. The monoisotopic (exact) mass is 314 g/mol. The lowest BCUT2D eigenvalue weighted by molar-refractivity contribution is 0.560. The second kappa shape index (κ2) is 6.38. The van der Waals surface area contributed by atoms with E-state index in [0.717, 1.165) is 33.7 Å². The second-order valence-electron chi connectivity index (χ2n) is 5.20. The van der Waals surface area contributed by atoms with E-state index in [1.807, 2.05) is 60.7 Å². The zero-order valence-corrected chi connectivity index (χ0v) is 12.8. The summed E-state index contributed by atoms with van der Waals surface area (Å²) in [6.07, 6.45) is 6.69. The van der Waals surface area contributed by atoms with Crippen LogP contribution in [-0.2, 0) is 0 Å². The summed E-state index contributed by atoms with van der Waals surface area (Å²) in [6, 6.07) is 19.4. The van der Waals surface area contributed by atoms with Crippen LogP contribution < -0.4 is 0 Å². The number of benzene rings is 2. The van der Waals surface area contributed by atoms with E-state index in [9.17, 15) is 0 Å². The lowest BCUT2D eigenvalue weighted by atomic mass is 10.1. The Labute approximate surface area is 138 Å². The molecule has 0 fully saturated rings. The van der Waals surface area contributed by atoms with Gasteiger partial charge in [0.2, 0.25) is 0 Å². The quantitative estimate of drug-likeness (QED) is 0.465. The molecule has 0 aliphatic carbocycles. The van der Waals surface area contributed by atoms with Gasteiger partial charge in [-0.1, -0.05) is 24.3 Å². The van der Waals surface area contributed by atoms with Crippen LogP contribution in [-0.4, -0.2) is 12.4 Å². The first-order valence-corrected chi connectivity index (χ1v) is 7.57. The van der Waals surface area contributed by atoms with Crippen LogP contribution in [0.1, 0.15) is 11.5 Å². The van der Waals surface area contributed by atoms with Crippen molar-refractivity contribution in [3.05, 3.63) is 84.7 Å². The van der Waals surface area contributed by atoms with E-state index >= 15 is 0 Å². The fourth-order valence-corrected chi connectivity index (χ4v) is 2.49. The highest BCUT2D eigenvalue weighted by molar-refractivity contribution is 6.02. The van der Waals surface area contributed by atoms with Gasteiger partial charge in [0.15, 0.2) is 0 Å². The van der Waals surface area contributed by atoms with E-state index in [-0.39, 0.29) is 0 Å². The SMILES string of the molecule is C(=Nc1ccc(N=Cc2ccco2)c2ccccc12)c1ccco1. The van der Waals surface area contributed by atoms with Gasteiger partial charge >= 0.3 is 0 Å². The number of hydrogen-bond acceptors (Lipinski definition) is 4. The molecule has 4 heteroatoms. The molecular weight excluding hydrogens is 300 g/mol. The molecule has 0 radical (unpaired) electrons. The molecule has 0 atom stereocenters. The summed E-state index contributed by atoms with van der Waals surface area (Å²) in [6.45, 7) is 0. The molecule has 4 rings (SSSR count). The van der Waals surface area contributed by atoms with E-state index in [0.29, 0.717) is 0 Å². The molecule has 0 bridgehead atoms. The Kier molecular flexibility index (Phi) is 3.78. The van der Waals surface area contributed by atoms with Gasteiger partial charge in [-0.3, -0.25) is 9.98 Å². The van der Waals surface area contributed by atoms with Crippen LogP contribution in [0.2, 0.25) is 0 Å². The molecule has 0 saturated carbocycles. The van der Waals surface area contributed by atoms with Crippen LogP contribution >= 0.6 is 0 Å². The largest absolute Gasteiger partial charge is 0.463 e. The first-order valence-electron chi connectivity index (χ1n) is 7.57. The Morgan fingerprint density at radius 1 is 0.583 bits per heavy atom. The maximum Gasteiger partial charge on any atom is 0.144 e. The standard InChI is InChI=1S/C20H14N2O2/c1-2-8-18-17(7-1)19(21-13-15-5-3-11-23-15)9-10-20(18)22-14-16-6-4-12-24-16/h1-14H. The minimum atomic E-state index is 0.721. The molecule has 2 heterocycles. The smallest absolute Gasteiger partial charge is 0.144 e. The molecule has 116 valence electrons. The molecule has 0 aliphatic rings. The van der Waals surface area contributed by atoms with Crippen molar-refractivity contribution >= 4 is 34.6 Å². The highest BCUT2D eigenvalue weighted by Crippen LogP contribution is 2.33. The maximum absolute atomic E-state index is 5.29. The van der Waals surface area contributed by atoms with Gasteiger partial charge in [-0.15, -0.1) is 0 Å². The van der Waals surface area contributed by atoms with Gasteiger partial charge in [0, 0.05) is 10.8 Å². The number of hydrogen-bond donors (Lipinski definition) is 0. The second-order valence-corrected chi connectivity index (χ2v) is 5.20. The molecule has 4 aromatic rings. The highest BCUT2D eigenvalue weighted by atomic mass is 16.3. The van der Waals surface area contributed by atoms with E-state index in [1.54, 1.807) is 25.0 Å². The zero-order chi connectivity index (χ0) is 16.2. The summed E-state index contributed by atoms with van der Waals surface area (Å²) in [5.74, 6) is 1.44. The molecule has 0 aliphatic heterocycles. The third-order valence-electron chi connectivity index (χ3n) is 3.63. The van der Waals surface area contributed by atoms with Crippen molar-refractivity contribution in [2.75, 3.05) is 0 Å². The van der Waals surface area contributed by atoms with Crippen LogP contribution in [0, 0.1) is 0 Å². The Hall–Kier alpha value is -3.40. The van der Waals surface area contributed by atoms with Crippen LogP contribution in [0.5, 0.6) is 0 Å². The summed E-state index contributed by atoms with van der Waals surface area (Å²) in [4.78, 5) is 9.08. The minimum Gasteiger partial charge on any atom is -0.463 e. The first-order chi connectivity index (χ1) is 11.9. The first kappa shape index (κ1) is 14.2. The normalized spacial score (nSPS) is 11.8. The lowest BCUT2D eigenvalue weighted by Crippen LogP contribution is -1.79. The minimum absolute atomic E-state index is 0.721. The van der Waals surface area contributed by atoms with E-state index in [2.05, 4.69) is 9.98 Å². The fourth-order valence-electron chi connectivity index (χ4n) is 2.49. The summed E-state index contributed by atoms with van der Waals surface area (Å²) >= 11 is 0. The van der Waals surface area contributed by atoms with Crippen molar-refractivity contribution in [3.8, 4) is 0 Å². The highest BCUT2D eigenvalue weighted by Gasteiger charge is 2.04. The molecular formula is C20H14N2O2. The fraction of sp³-hybridized carbons (Fsp3) is 0. The predicted octanol–water partition coefficient (Wildman–Crippen LogP) is 5.53. The van der Waals surface area contributed by atoms with Crippen molar-refractivity contribution in [1.29, 1.82) is 0 Å². The lowest BCUT2D eigenvalue weighted by Gasteiger charge is -2.05. The molecule has 24 heavy (non-hydrogen) atoms. The van der Waals surface area contributed by atoms with Crippen molar-refractivity contribution in [2.24, 2.45) is 9.98 Å². The van der Waals surface area contributed by atoms with E-state index < -0.39 is 0 Å². The van der Waals surface area contributed by atoms with Crippen molar-refractivity contribution in [2.45, 2.75) is 0 Å². The van der Waals surface area contributed by atoms with Crippen molar-refractivity contribution < 1.29 is 8.83 Å². The van der Waals surface area contributed by atoms with Crippen LogP contribution in [0.3, 0.4) is 0 Å². The predicted molar refractivity (Wildman–Crippen MR) is 95.9 cm³/mol. The van der Waals surface area contributed by atoms with Gasteiger partial charge < -0.3 is 8.83 Å². The number of nitrogens with zero attached hydrogens (tertiary/aromatic N) is 2. The number of rotatable bonds is 4. The van der Waals surface area contributed by atoms with Gasteiger partial charge in [-0.2, -0.15) is 0 Å². The van der Waals surface area contributed by atoms with Crippen molar-refractivity contribution in [1.82, 2.24) is 0 Å². The maximum atomic E-state index is 5.29. The molecule has 0 amide bonds. The van der Waals surface area contributed by atoms with Crippen LogP contribution in [0.4, 0.5) is 11.4 Å². The van der Waals surface area contributed by atoms with Crippen molar-refractivity contribution in [3.63, 3.8) is 0 Å². The van der Waals surface area contributed by atoms with Gasteiger partial charge in [-0.25, -0.2) is 0 Å². The number of fused-ring (bicyclic) bond motifs is 1. The third kappa shape index (κ3) is 2.90. The summed E-state index contributed by atoms with van der Waals surface area (Å²) in [7, 11) is 0. The van der Waals surface area contributed by atoms with Crippen LogP contribution in [0.15, 0.2) is 92.0 Å². The number of furan rings is 2. The Morgan fingerprint density at radius 2 is 1.08 bits per heavy atom. The molecule has 2 aromatic heterocycles. The average molecular weight is 314 g/mol. The molecule has 0 unspecified atom stereocenters. The molecule has 0 saturated heterocycles. The topological polar surface area (TPSA) is 51.0 Å². The Morgan fingerprint density at radius 3 is 1.50 bits per heavy atom. The van der Waals surface area contributed by atoms with E-state index in [1.165, 1.54) is 0 Å². The number of aliphatic imine (C=N–C) groups is 2. The molecule has 2 aromatic carbocycles. The zero-order valence-electron chi connectivity index (χ0n) is 12.8. The van der Waals surface area contributed by atoms with Gasteiger partial charge in [0.25, 0.3) is 0 Å². The molecule has 4 nitrogen and oxygen atoms in total. The Bertz CT molecular complexity index is 915. The Balaban J connectivity index is 1.74. The molecule has 0 spiro atoms. The summed E-state index contributed by atoms with van der Waals surface area (Å²) in [5, 5.41) is 2.07. The van der Waals surface area contributed by atoms with E-state index in [4.69, 9.17) is 8.83 Å². The summed E-state index contributed by atoms with van der Waals surface area (Å²) in [5.41, 5.74) is 1.75. The average Bonchev–Trinajstić information content (AvgIpc) is 3.32. The van der Waals surface area contributed by atoms with Crippen LogP contribution in [0.25, 0.3) is 10.8 Å². The van der Waals surface area contributed by atoms with Gasteiger partial charge in [0.1, 0.15) is 11.5 Å². The third-order valence-corrected chi connectivity index (χ3v) is 3.63. The summed E-state index contributed by atoms with van der Waals surface area (Å²) < 4.78 is 10.6. The van der Waals surface area contributed by atoms with Gasteiger partial charge in [0.05, 0.1) is 36.3 Å². The van der Waals surface area contributed by atoms with Gasteiger partial charge in [-0.05, 0) is 36.4 Å².